The van der Waals surface area contributed by atoms with Crippen molar-refractivity contribution in [1.29, 1.82) is 0 Å². The number of benzene rings is 1. The zero-order chi connectivity index (χ0) is 17.2. The second kappa shape index (κ2) is 6.68. The van der Waals surface area contributed by atoms with Crippen LogP contribution in [-0.4, -0.2) is 38.7 Å². The van der Waals surface area contributed by atoms with Crippen LogP contribution in [0.5, 0.6) is 0 Å². The smallest absolute Gasteiger partial charge is 0.271 e. The third kappa shape index (κ3) is 3.31. The van der Waals surface area contributed by atoms with Crippen LogP contribution in [0.3, 0.4) is 0 Å². The van der Waals surface area contributed by atoms with E-state index in [1.807, 2.05) is 0 Å². The molecule has 1 heterocycles. The molecule has 24 heavy (non-hydrogen) atoms. The normalized spacial score (nSPS) is 23.4. The van der Waals surface area contributed by atoms with Crippen LogP contribution in [0.2, 0.25) is 0 Å². The molecule has 7 heteroatoms. The summed E-state index contributed by atoms with van der Waals surface area (Å²) in [5.74, 6) is -0.545. The van der Waals surface area contributed by atoms with E-state index in [9.17, 15) is 14.3 Å². The number of carbonyl (C=O) groups excluding carboxylic acids is 1. The summed E-state index contributed by atoms with van der Waals surface area (Å²) in [5, 5.41) is 20.8. The van der Waals surface area contributed by atoms with Crippen LogP contribution in [0.4, 0.5) is 4.39 Å². The van der Waals surface area contributed by atoms with Gasteiger partial charge in [-0.25, -0.2) is 9.07 Å². The van der Waals surface area contributed by atoms with Gasteiger partial charge in [0.2, 0.25) is 0 Å². The van der Waals surface area contributed by atoms with Crippen molar-refractivity contribution in [3.63, 3.8) is 0 Å². The van der Waals surface area contributed by atoms with Gasteiger partial charge in [-0.15, -0.1) is 5.10 Å². The number of aliphatic hydroxyl groups excluding tert-OH is 1. The highest BCUT2D eigenvalue weighted by Gasteiger charge is 2.42. The van der Waals surface area contributed by atoms with Crippen LogP contribution in [0, 0.1) is 11.2 Å². The van der Waals surface area contributed by atoms with Gasteiger partial charge in [0.05, 0.1) is 12.3 Å². The monoisotopic (exact) mass is 332 g/mol. The zero-order valence-corrected chi connectivity index (χ0v) is 13.6. The van der Waals surface area contributed by atoms with Crippen molar-refractivity contribution in [2.24, 2.45) is 12.5 Å². The number of amides is 1. The molecule has 1 amide bonds. The Morgan fingerprint density at radius 3 is 2.79 bits per heavy atom. The fourth-order valence-electron chi connectivity index (χ4n) is 3.45. The molecule has 6 nitrogen and oxygen atoms in total. The molecule has 1 aromatic heterocycles. The van der Waals surface area contributed by atoms with Gasteiger partial charge >= 0.3 is 0 Å². The Labute approximate surface area is 139 Å². The Kier molecular flexibility index (Phi) is 4.62. The fraction of sp³-hybridized carbons (Fsp3) is 0.471. The third-order valence-corrected chi connectivity index (χ3v) is 4.88. The molecule has 128 valence electrons. The summed E-state index contributed by atoms with van der Waals surface area (Å²) < 4.78 is 14.5. The highest BCUT2D eigenvalue weighted by atomic mass is 19.1. The van der Waals surface area contributed by atoms with Gasteiger partial charge < -0.3 is 10.4 Å². The first-order valence-electron chi connectivity index (χ1n) is 8.06. The summed E-state index contributed by atoms with van der Waals surface area (Å²) >= 11 is 0. The number of rotatable bonds is 5. The molecule has 0 bridgehead atoms. The Hall–Kier alpha value is -2.28. The van der Waals surface area contributed by atoms with Crippen molar-refractivity contribution in [2.45, 2.75) is 31.8 Å². The van der Waals surface area contributed by atoms with Crippen molar-refractivity contribution in [3.8, 4) is 0 Å². The van der Waals surface area contributed by atoms with Crippen molar-refractivity contribution < 1.29 is 14.3 Å². The summed E-state index contributed by atoms with van der Waals surface area (Å²) in [6, 6.07) is 6.30. The molecule has 0 unspecified atom stereocenters. The predicted molar refractivity (Wildman–Crippen MR) is 85.7 cm³/mol. The van der Waals surface area contributed by atoms with Crippen molar-refractivity contribution >= 4 is 5.91 Å². The van der Waals surface area contributed by atoms with E-state index in [4.69, 9.17) is 0 Å². The molecule has 0 aliphatic heterocycles. The number of halogens is 1. The van der Waals surface area contributed by atoms with Crippen LogP contribution in [0.25, 0.3) is 0 Å². The van der Waals surface area contributed by atoms with Gasteiger partial charge in [0.15, 0.2) is 0 Å². The van der Waals surface area contributed by atoms with Crippen LogP contribution in [0.15, 0.2) is 30.5 Å². The SMILES string of the molecule is Cn1nncc1C(=O)NC[C@]1(Cc2ccc(F)cc2)CCC[C@@H]1O. The summed E-state index contributed by atoms with van der Waals surface area (Å²) in [4.78, 5) is 12.3. The minimum Gasteiger partial charge on any atom is -0.392 e. The lowest BCUT2D eigenvalue weighted by atomic mass is 9.78. The first kappa shape index (κ1) is 16.6. The molecule has 1 aliphatic rings. The Bertz CT molecular complexity index is 716. The average Bonchev–Trinajstić information content (AvgIpc) is 3.14. The molecule has 0 radical (unpaired) electrons. The van der Waals surface area contributed by atoms with Gasteiger partial charge in [-0.3, -0.25) is 4.79 Å². The van der Waals surface area contributed by atoms with Crippen LogP contribution >= 0.6 is 0 Å². The second-order valence-corrected chi connectivity index (χ2v) is 6.50. The summed E-state index contributed by atoms with van der Waals surface area (Å²) in [5.41, 5.74) is 0.896. The van der Waals surface area contributed by atoms with Crippen molar-refractivity contribution in [1.82, 2.24) is 20.3 Å². The minimum absolute atomic E-state index is 0.264. The Morgan fingerprint density at radius 1 is 1.46 bits per heavy atom. The quantitative estimate of drug-likeness (QED) is 0.869. The molecular weight excluding hydrogens is 311 g/mol. The fourth-order valence-corrected chi connectivity index (χ4v) is 3.45. The number of hydrogen-bond acceptors (Lipinski definition) is 4. The van der Waals surface area contributed by atoms with Gasteiger partial charge in [-0.1, -0.05) is 23.8 Å². The number of carbonyl (C=O) groups is 1. The standard InChI is InChI=1S/C17H21FN4O2/c1-22-14(10-20-21-22)16(24)19-11-17(8-2-3-15(17)23)9-12-4-6-13(18)7-5-12/h4-7,10,15,23H,2-3,8-9,11H2,1H3,(H,19,24)/t15-,17+/m0/s1. The number of aromatic nitrogens is 3. The third-order valence-electron chi connectivity index (χ3n) is 4.88. The summed E-state index contributed by atoms with van der Waals surface area (Å²) in [6.45, 7) is 0.357. The van der Waals surface area contributed by atoms with E-state index in [2.05, 4.69) is 15.6 Å². The van der Waals surface area contributed by atoms with Crippen molar-refractivity contribution in [3.05, 3.63) is 47.5 Å². The lowest BCUT2D eigenvalue weighted by Crippen LogP contribution is -2.44. The first-order valence-corrected chi connectivity index (χ1v) is 8.06. The van der Waals surface area contributed by atoms with Gasteiger partial charge in [0, 0.05) is 19.0 Å². The minimum atomic E-state index is -0.493. The largest absolute Gasteiger partial charge is 0.392 e. The van der Waals surface area contributed by atoms with Gasteiger partial charge in [-0.2, -0.15) is 0 Å². The number of aryl methyl sites for hydroxylation is 1. The summed E-state index contributed by atoms with van der Waals surface area (Å²) in [6.07, 6.45) is 3.95. The number of hydrogen-bond donors (Lipinski definition) is 2. The van der Waals surface area contributed by atoms with E-state index in [1.54, 1.807) is 19.2 Å². The average molecular weight is 332 g/mol. The van der Waals surface area contributed by atoms with E-state index in [0.717, 1.165) is 18.4 Å². The number of nitrogens with one attached hydrogen (secondary N) is 1. The lowest BCUT2D eigenvalue weighted by Gasteiger charge is -2.33. The molecule has 0 saturated heterocycles. The van der Waals surface area contributed by atoms with Crippen LogP contribution in [0.1, 0.15) is 35.3 Å². The zero-order valence-electron chi connectivity index (χ0n) is 13.6. The van der Waals surface area contributed by atoms with Gasteiger partial charge in [-0.05, 0) is 37.0 Å². The van der Waals surface area contributed by atoms with Crippen molar-refractivity contribution in [2.75, 3.05) is 6.54 Å². The molecule has 1 aromatic carbocycles. The summed E-state index contributed by atoms with van der Waals surface area (Å²) in [7, 11) is 1.65. The van der Waals surface area contributed by atoms with E-state index in [0.29, 0.717) is 25.1 Å². The molecule has 1 fully saturated rings. The van der Waals surface area contributed by atoms with Crippen LogP contribution in [-0.2, 0) is 13.5 Å². The Balaban J connectivity index is 1.73. The molecule has 2 N–H and O–H groups in total. The second-order valence-electron chi connectivity index (χ2n) is 6.50. The molecule has 1 saturated carbocycles. The van der Waals surface area contributed by atoms with Crippen LogP contribution < -0.4 is 5.32 Å². The first-order chi connectivity index (χ1) is 11.5. The van der Waals surface area contributed by atoms with Gasteiger partial charge in [0.1, 0.15) is 11.5 Å². The molecule has 3 rings (SSSR count). The highest BCUT2D eigenvalue weighted by molar-refractivity contribution is 5.92. The Morgan fingerprint density at radius 2 is 2.21 bits per heavy atom. The number of nitrogens with zero attached hydrogens (tertiary/aromatic N) is 3. The maximum Gasteiger partial charge on any atom is 0.271 e. The van der Waals surface area contributed by atoms with E-state index >= 15 is 0 Å². The molecule has 2 atom stereocenters. The van der Waals surface area contributed by atoms with E-state index in [1.165, 1.54) is 23.0 Å². The topological polar surface area (TPSA) is 80.0 Å². The molecule has 1 aliphatic carbocycles. The van der Waals surface area contributed by atoms with Gasteiger partial charge in [0.25, 0.3) is 5.91 Å². The predicted octanol–water partition coefficient (Wildman–Crippen LogP) is 1.46. The molecule has 2 aromatic rings. The maximum absolute atomic E-state index is 13.1. The molecule has 0 spiro atoms. The molecular formula is C17H21FN4O2. The lowest BCUT2D eigenvalue weighted by molar-refractivity contribution is 0.0498. The highest BCUT2D eigenvalue weighted by Crippen LogP contribution is 2.40. The maximum atomic E-state index is 13.1. The van der Waals surface area contributed by atoms with E-state index < -0.39 is 11.5 Å². The van der Waals surface area contributed by atoms with E-state index in [-0.39, 0.29) is 11.7 Å². The number of aliphatic hydroxyl groups is 1.